The van der Waals surface area contributed by atoms with Gasteiger partial charge >= 0.3 is 6.03 Å². The number of amides is 3. The molecular formula is C14H19N3O3. The quantitative estimate of drug-likeness (QED) is 0.839. The van der Waals surface area contributed by atoms with E-state index in [1.54, 1.807) is 6.07 Å². The van der Waals surface area contributed by atoms with Gasteiger partial charge in [0.05, 0.1) is 12.2 Å². The molecule has 1 saturated carbocycles. The molecule has 6 heteroatoms. The highest BCUT2D eigenvalue weighted by atomic mass is 16.5. The van der Waals surface area contributed by atoms with Crippen LogP contribution in [0.5, 0.6) is 0 Å². The standard InChI is InChI=1S/C14H19N3O3/c1-9-5-3-4-6-14(9)12(18)17(13(19)15-14)8-11-7-10(2)16-20-11/h7,9H,3-6,8H2,1-2H3,(H,15,19)/t9-,14+/m0/s1. The van der Waals surface area contributed by atoms with Crippen LogP contribution >= 0.6 is 0 Å². The lowest BCUT2D eigenvalue weighted by molar-refractivity contribution is -0.134. The predicted molar refractivity (Wildman–Crippen MR) is 70.7 cm³/mol. The summed E-state index contributed by atoms with van der Waals surface area (Å²) < 4.78 is 5.10. The van der Waals surface area contributed by atoms with Gasteiger partial charge in [0.25, 0.3) is 5.91 Å². The minimum absolute atomic E-state index is 0.122. The fourth-order valence-electron chi connectivity index (χ4n) is 3.29. The van der Waals surface area contributed by atoms with Gasteiger partial charge < -0.3 is 9.84 Å². The Kier molecular flexibility index (Phi) is 3.03. The SMILES string of the molecule is Cc1cc(CN2C(=O)N[C@@]3(CCCC[C@@H]3C)C2=O)on1. The van der Waals surface area contributed by atoms with Crippen LogP contribution in [-0.4, -0.2) is 27.5 Å². The lowest BCUT2D eigenvalue weighted by Crippen LogP contribution is -2.53. The van der Waals surface area contributed by atoms with Crippen molar-refractivity contribution >= 4 is 11.9 Å². The smallest absolute Gasteiger partial charge is 0.325 e. The topological polar surface area (TPSA) is 75.4 Å². The van der Waals surface area contributed by atoms with Crippen molar-refractivity contribution in [2.24, 2.45) is 5.92 Å². The van der Waals surface area contributed by atoms with Crippen LogP contribution in [0.1, 0.15) is 44.1 Å². The van der Waals surface area contributed by atoms with E-state index in [9.17, 15) is 9.59 Å². The molecule has 0 radical (unpaired) electrons. The molecule has 0 unspecified atom stereocenters. The highest BCUT2D eigenvalue weighted by molar-refractivity contribution is 6.07. The highest BCUT2D eigenvalue weighted by Crippen LogP contribution is 2.38. The maximum absolute atomic E-state index is 12.7. The molecule has 1 aromatic rings. The molecule has 6 nitrogen and oxygen atoms in total. The molecule has 2 aliphatic rings. The summed E-state index contributed by atoms with van der Waals surface area (Å²) >= 11 is 0. The largest absolute Gasteiger partial charge is 0.359 e. The van der Waals surface area contributed by atoms with Gasteiger partial charge in [0.1, 0.15) is 5.54 Å². The second kappa shape index (κ2) is 4.61. The average Bonchev–Trinajstić information content (AvgIpc) is 2.92. The third-order valence-corrected chi connectivity index (χ3v) is 4.49. The Labute approximate surface area is 117 Å². The Hall–Kier alpha value is -1.85. The van der Waals surface area contributed by atoms with Crippen molar-refractivity contribution in [3.63, 3.8) is 0 Å². The zero-order valence-electron chi connectivity index (χ0n) is 11.8. The number of hydrogen-bond acceptors (Lipinski definition) is 4. The molecule has 0 aromatic carbocycles. The zero-order valence-corrected chi connectivity index (χ0v) is 11.8. The summed E-state index contributed by atoms with van der Waals surface area (Å²) in [5.74, 6) is 0.587. The maximum Gasteiger partial charge on any atom is 0.325 e. The number of urea groups is 1. The van der Waals surface area contributed by atoms with E-state index in [4.69, 9.17) is 4.52 Å². The van der Waals surface area contributed by atoms with Crippen LogP contribution < -0.4 is 5.32 Å². The first-order chi connectivity index (χ1) is 9.53. The van der Waals surface area contributed by atoms with Crippen molar-refractivity contribution in [2.75, 3.05) is 0 Å². The zero-order chi connectivity index (χ0) is 14.3. The molecule has 2 atom stereocenters. The van der Waals surface area contributed by atoms with Gasteiger partial charge in [0.2, 0.25) is 0 Å². The number of nitrogens with zero attached hydrogens (tertiary/aromatic N) is 2. The van der Waals surface area contributed by atoms with Crippen molar-refractivity contribution < 1.29 is 14.1 Å². The highest BCUT2D eigenvalue weighted by Gasteiger charge is 2.54. The average molecular weight is 277 g/mol. The summed E-state index contributed by atoms with van der Waals surface area (Å²) in [5.41, 5.74) is 0.0394. The third kappa shape index (κ3) is 1.90. The van der Waals surface area contributed by atoms with Crippen molar-refractivity contribution in [1.29, 1.82) is 0 Å². The van der Waals surface area contributed by atoms with Crippen LogP contribution in [0.25, 0.3) is 0 Å². The molecule has 108 valence electrons. The number of aryl methyl sites for hydroxylation is 1. The number of rotatable bonds is 2. The van der Waals surface area contributed by atoms with Crippen LogP contribution in [0.2, 0.25) is 0 Å². The van der Waals surface area contributed by atoms with E-state index in [-0.39, 0.29) is 24.4 Å². The first-order valence-corrected chi connectivity index (χ1v) is 7.09. The number of carbonyl (C=O) groups is 2. The molecule has 1 aliphatic heterocycles. The van der Waals surface area contributed by atoms with Crippen molar-refractivity contribution in [1.82, 2.24) is 15.4 Å². The Morgan fingerprint density at radius 3 is 2.95 bits per heavy atom. The molecule has 1 saturated heterocycles. The molecule has 1 aliphatic carbocycles. The van der Waals surface area contributed by atoms with E-state index in [1.807, 2.05) is 13.8 Å². The summed E-state index contributed by atoms with van der Waals surface area (Å²) in [6.07, 6.45) is 3.80. The number of imide groups is 1. The first-order valence-electron chi connectivity index (χ1n) is 7.09. The molecule has 2 fully saturated rings. The van der Waals surface area contributed by atoms with Crippen molar-refractivity contribution in [3.8, 4) is 0 Å². The number of aromatic nitrogens is 1. The van der Waals surface area contributed by atoms with E-state index in [1.165, 1.54) is 4.90 Å². The van der Waals surface area contributed by atoms with E-state index >= 15 is 0 Å². The number of carbonyl (C=O) groups excluding carboxylic acids is 2. The van der Waals surface area contributed by atoms with Crippen LogP contribution in [0.4, 0.5) is 4.79 Å². The first kappa shape index (κ1) is 13.1. The second-order valence-corrected chi connectivity index (χ2v) is 5.87. The second-order valence-electron chi connectivity index (χ2n) is 5.87. The van der Waals surface area contributed by atoms with E-state index in [2.05, 4.69) is 10.5 Å². The van der Waals surface area contributed by atoms with Gasteiger partial charge in [-0.1, -0.05) is 24.9 Å². The Balaban J connectivity index is 1.83. The van der Waals surface area contributed by atoms with Crippen LogP contribution in [0.15, 0.2) is 10.6 Å². The summed E-state index contributed by atoms with van der Waals surface area (Å²) in [5, 5.41) is 6.70. The molecule has 3 amide bonds. The van der Waals surface area contributed by atoms with Gasteiger partial charge in [-0.2, -0.15) is 0 Å². The summed E-state index contributed by atoms with van der Waals surface area (Å²) in [7, 11) is 0. The van der Waals surface area contributed by atoms with Crippen LogP contribution in [0, 0.1) is 12.8 Å². The summed E-state index contributed by atoms with van der Waals surface area (Å²) in [4.78, 5) is 26.1. The van der Waals surface area contributed by atoms with Gasteiger partial charge in [-0.25, -0.2) is 4.79 Å². The molecule has 2 heterocycles. The molecule has 1 N–H and O–H groups in total. The number of hydrogen-bond donors (Lipinski definition) is 1. The molecule has 0 bridgehead atoms. The van der Waals surface area contributed by atoms with Gasteiger partial charge in [0.15, 0.2) is 5.76 Å². The molecule has 1 spiro atoms. The monoisotopic (exact) mass is 277 g/mol. The predicted octanol–water partition coefficient (Wildman–Crippen LogP) is 1.98. The summed E-state index contributed by atoms with van der Waals surface area (Å²) in [6.45, 7) is 4.00. The van der Waals surface area contributed by atoms with E-state index in [0.717, 1.165) is 31.4 Å². The van der Waals surface area contributed by atoms with E-state index in [0.29, 0.717) is 5.76 Å². The van der Waals surface area contributed by atoms with Crippen LogP contribution in [0.3, 0.4) is 0 Å². The van der Waals surface area contributed by atoms with Gasteiger partial charge in [-0.05, 0) is 25.7 Å². The minimum Gasteiger partial charge on any atom is -0.359 e. The number of nitrogens with one attached hydrogen (secondary N) is 1. The third-order valence-electron chi connectivity index (χ3n) is 4.49. The van der Waals surface area contributed by atoms with Gasteiger partial charge in [-0.3, -0.25) is 9.69 Å². The lowest BCUT2D eigenvalue weighted by Gasteiger charge is -2.36. The molecule has 1 aromatic heterocycles. The fraction of sp³-hybridized carbons (Fsp3) is 0.643. The van der Waals surface area contributed by atoms with Gasteiger partial charge in [-0.15, -0.1) is 0 Å². The summed E-state index contributed by atoms with van der Waals surface area (Å²) in [6, 6.07) is 1.42. The Morgan fingerprint density at radius 1 is 1.50 bits per heavy atom. The normalized spacial score (nSPS) is 30.1. The lowest BCUT2D eigenvalue weighted by atomic mass is 9.73. The Bertz CT molecular complexity index is 554. The molecule has 3 rings (SSSR count). The maximum atomic E-state index is 12.7. The van der Waals surface area contributed by atoms with Gasteiger partial charge in [0, 0.05) is 6.07 Å². The van der Waals surface area contributed by atoms with Crippen molar-refractivity contribution in [2.45, 2.75) is 51.6 Å². The molecular weight excluding hydrogens is 258 g/mol. The van der Waals surface area contributed by atoms with E-state index < -0.39 is 5.54 Å². The fourth-order valence-corrected chi connectivity index (χ4v) is 3.29. The van der Waals surface area contributed by atoms with Crippen LogP contribution in [-0.2, 0) is 11.3 Å². The Morgan fingerprint density at radius 2 is 2.30 bits per heavy atom. The minimum atomic E-state index is -0.704. The molecule has 20 heavy (non-hydrogen) atoms. The van der Waals surface area contributed by atoms with Crippen molar-refractivity contribution in [3.05, 3.63) is 17.5 Å².